The summed E-state index contributed by atoms with van der Waals surface area (Å²) in [5.41, 5.74) is 16.9. The minimum atomic E-state index is 0.797. The van der Waals surface area contributed by atoms with Crippen LogP contribution in [0, 0.1) is 0 Å². The van der Waals surface area contributed by atoms with E-state index in [1.54, 1.807) is 0 Å². The molecule has 0 spiro atoms. The molecular formula is C35H26N2S. The Balaban J connectivity index is 1.35. The van der Waals surface area contributed by atoms with Crippen LogP contribution in [0.1, 0.15) is 11.1 Å². The second kappa shape index (κ2) is 9.37. The molecule has 2 nitrogen and oxygen atoms in total. The number of allylic oxidation sites excluding steroid dienone is 1. The maximum atomic E-state index is 6.49. The predicted octanol–water partition coefficient (Wildman–Crippen LogP) is 9.56. The van der Waals surface area contributed by atoms with Crippen LogP contribution in [-0.2, 0) is 6.42 Å². The Labute approximate surface area is 226 Å². The van der Waals surface area contributed by atoms with E-state index in [9.17, 15) is 0 Å². The largest absolute Gasteiger partial charge is 0.398 e. The van der Waals surface area contributed by atoms with E-state index >= 15 is 0 Å². The smallest absolute Gasteiger partial charge is 0.0548 e. The molecule has 3 heteroatoms. The van der Waals surface area contributed by atoms with E-state index in [4.69, 9.17) is 5.73 Å². The van der Waals surface area contributed by atoms with E-state index in [1.807, 2.05) is 17.4 Å². The van der Waals surface area contributed by atoms with Crippen LogP contribution in [0.5, 0.6) is 0 Å². The van der Waals surface area contributed by atoms with Crippen molar-refractivity contribution in [3.8, 4) is 21.6 Å². The van der Waals surface area contributed by atoms with Gasteiger partial charge in [0.05, 0.1) is 11.4 Å². The van der Waals surface area contributed by atoms with Crippen molar-refractivity contribution in [1.29, 1.82) is 0 Å². The number of nitrogens with zero attached hydrogens (tertiary/aromatic N) is 1. The summed E-state index contributed by atoms with van der Waals surface area (Å²) in [6.45, 7) is 0. The first-order valence-corrected chi connectivity index (χ1v) is 13.7. The summed E-state index contributed by atoms with van der Waals surface area (Å²) >= 11 is 1.88. The number of benzene rings is 5. The Kier molecular flexibility index (Phi) is 5.57. The zero-order valence-corrected chi connectivity index (χ0v) is 21.7. The minimum Gasteiger partial charge on any atom is -0.398 e. The third-order valence-electron chi connectivity index (χ3n) is 7.26. The molecule has 1 aliphatic rings. The van der Waals surface area contributed by atoms with E-state index in [0.29, 0.717) is 0 Å². The van der Waals surface area contributed by atoms with Crippen LogP contribution in [0.2, 0.25) is 0 Å². The number of rotatable bonds is 4. The summed E-state index contributed by atoms with van der Waals surface area (Å²) in [4.78, 5) is 3.71. The number of anilines is 3. The van der Waals surface area contributed by atoms with Gasteiger partial charge in [-0.2, -0.15) is 0 Å². The van der Waals surface area contributed by atoms with Gasteiger partial charge in [-0.25, -0.2) is 0 Å². The van der Waals surface area contributed by atoms with Crippen molar-refractivity contribution >= 4 is 44.2 Å². The second-order valence-electron chi connectivity index (χ2n) is 9.57. The van der Waals surface area contributed by atoms with Gasteiger partial charge in [-0.15, -0.1) is 11.3 Å². The number of nitrogens with two attached hydrogens (primary N) is 1. The molecule has 0 aliphatic carbocycles. The lowest BCUT2D eigenvalue weighted by molar-refractivity contribution is 1.26. The summed E-state index contributed by atoms with van der Waals surface area (Å²) in [6.07, 6.45) is 2.92. The van der Waals surface area contributed by atoms with Gasteiger partial charge in [0, 0.05) is 43.0 Å². The van der Waals surface area contributed by atoms with Crippen LogP contribution in [-0.4, -0.2) is 0 Å². The molecule has 0 amide bonds. The fraction of sp³-hybridized carbons (Fsp3) is 0.0286. The molecular weight excluding hydrogens is 480 g/mol. The molecule has 0 atom stereocenters. The van der Waals surface area contributed by atoms with Crippen LogP contribution >= 0.6 is 11.3 Å². The van der Waals surface area contributed by atoms with Crippen molar-refractivity contribution in [3.63, 3.8) is 0 Å². The maximum Gasteiger partial charge on any atom is 0.0548 e. The molecule has 0 radical (unpaired) electrons. The van der Waals surface area contributed by atoms with E-state index in [0.717, 1.165) is 23.4 Å². The lowest BCUT2D eigenvalue weighted by Crippen LogP contribution is -2.11. The SMILES string of the molecule is N/C(=C\Cc1ccccc1)c1ccc(N2c3ccccc3-c3sc4ccccc4c3-c3ccccc32)cc1. The van der Waals surface area contributed by atoms with E-state index in [2.05, 4.69) is 132 Å². The third kappa shape index (κ3) is 3.80. The lowest BCUT2D eigenvalue weighted by atomic mass is 9.99. The normalized spacial score (nSPS) is 12.5. The Morgan fingerprint density at radius 3 is 2.08 bits per heavy atom. The molecule has 2 N–H and O–H groups in total. The average Bonchev–Trinajstić information content (AvgIpc) is 3.31. The van der Waals surface area contributed by atoms with E-state index in [1.165, 1.54) is 48.6 Å². The molecule has 0 unspecified atom stereocenters. The van der Waals surface area contributed by atoms with Gasteiger partial charge in [0.1, 0.15) is 0 Å². The molecule has 1 aromatic heterocycles. The van der Waals surface area contributed by atoms with Gasteiger partial charge in [0.15, 0.2) is 0 Å². The van der Waals surface area contributed by atoms with Gasteiger partial charge < -0.3 is 10.6 Å². The summed E-state index contributed by atoms with van der Waals surface area (Å²) in [7, 11) is 0. The Morgan fingerprint density at radius 2 is 1.29 bits per heavy atom. The Bertz CT molecular complexity index is 1800. The molecule has 2 heterocycles. The average molecular weight is 507 g/mol. The van der Waals surface area contributed by atoms with Gasteiger partial charge >= 0.3 is 0 Å². The van der Waals surface area contributed by atoms with Crippen molar-refractivity contribution in [2.24, 2.45) is 5.73 Å². The predicted molar refractivity (Wildman–Crippen MR) is 163 cm³/mol. The van der Waals surface area contributed by atoms with Crippen LogP contribution in [0.15, 0.2) is 133 Å². The zero-order chi connectivity index (χ0) is 25.5. The topological polar surface area (TPSA) is 29.3 Å². The molecule has 1 aliphatic heterocycles. The second-order valence-corrected chi connectivity index (χ2v) is 10.6. The first-order valence-electron chi connectivity index (χ1n) is 12.9. The Morgan fingerprint density at radius 1 is 0.658 bits per heavy atom. The van der Waals surface area contributed by atoms with Crippen molar-refractivity contribution in [2.45, 2.75) is 6.42 Å². The Hall–Kier alpha value is -4.60. The fourth-order valence-corrected chi connectivity index (χ4v) is 6.66. The molecule has 7 rings (SSSR count). The highest BCUT2D eigenvalue weighted by Crippen LogP contribution is 2.55. The molecule has 6 aromatic rings. The van der Waals surface area contributed by atoms with Crippen LogP contribution in [0.3, 0.4) is 0 Å². The highest BCUT2D eigenvalue weighted by atomic mass is 32.1. The highest BCUT2D eigenvalue weighted by Gasteiger charge is 2.28. The number of para-hydroxylation sites is 2. The lowest BCUT2D eigenvalue weighted by Gasteiger charge is -2.27. The number of thiophene rings is 1. The van der Waals surface area contributed by atoms with Crippen LogP contribution in [0.4, 0.5) is 17.1 Å². The molecule has 0 saturated heterocycles. The van der Waals surface area contributed by atoms with Crippen LogP contribution in [0.25, 0.3) is 37.4 Å². The molecule has 5 aromatic carbocycles. The number of hydrogen-bond acceptors (Lipinski definition) is 3. The summed E-state index contributed by atoms with van der Waals surface area (Å²) in [6, 6.07) is 45.3. The van der Waals surface area contributed by atoms with Crippen LogP contribution < -0.4 is 10.6 Å². The third-order valence-corrected chi connectivity index (χ3v) is 8.46. The van der Waals surface area contributed by atoms with Gasteiger partial charge in [0.25, 0.3) is 0 Å². The molecule has 0 fully saturated rings. The monoisotopic (exact) mass is 506 g/mol. The number of hydrogen-bond donors (Lipinski definition) is 1. The molecule has 182 valence electrons. The summed E-state index contributed by atoms with van der Waals surface area (Å²) in [5, 5.41) is 1.31. The molecule has 0 bridgehead atoms. The van der Waals surface area contributed by atoms with Crippen molar-refractivity contribution in [2.75, 3.05) is 4.90 Å². The van der Waals surface area contributed by atoms with Gasteiger partial charge in [-0.05, 0) is 47.9 Å². The minimum absolute atomic E-state index is 0.797. The maximum absolute atomic E-state index is 6.49. The molecule has 0 saturated carbocycles. The number of fused-ring (bicyclic) bond motifs is 7. The first-order chi connectivity index (χ1) is 18.8. The van der Waals surface area contributed by atoms with E-state index < -0.39 is 0 Å². The fourth-order valence-electron chi connectivity index (χ4n) is 5.41. The standard InChI is InChI=1S/C35H26N2S/c36-30(23-18-24-10-2-1-3-11-24)25-19-21-26(22-20-25)37-31-15-7-4-12-27(31)34-29-14-6-9-17-33(29)38-35(34)28-13-5-8-16-32(28)37/h1-17,19-23H,18,36H2/b30-23-. The van der Waals surface area contributed by atoms with Crippen molar-refractivity contribution in [3.05, 3.63) is 145 Å². The van der Waals surface area contributed by atoms with Gasteiger partial charge in [-0.3, -0.25) is 0 Å². The van der Waals surface area contributed by atoms with E-state index in [-0.39, 0.29) is 0 Å². The first kappa shape index (κ1) is 22.6. The van der Waals surface area contributed by atoms with Crippen molar-refractivity contribution < 1.29 is 0 Å². The quantitative estimate of drug-likeness (QED) is 0.257. The highest BCUT2D eigenvalue weighted by molar-refractivity contribution is 7.23. The van der Waals surface area contributed by atoms with Crippen molar-refractivity contribution in [1.82, 2.24) is 0 Å². The summed E-state index contributed by atoms with van der Waals surface area (Å²) in [5.74, 6) is 0. The molecule has 38 heavy (non-hydrogen) atoms. The van der Waals surface area contributed by atoms with Gasteiger partial charge in [0.2, 0.25) is 0 Å². The van der Waals surface area contributed by atoms with Gasteiger partial charge in [-0.1, -0.05) is 103 Å². The summed E-state index contributed by atoms with van der Waals surface area (Å²) < 4.78 is 1.32. The zero-order valence-electron chi connectivity index (χ0n) is 20.8.